The van der Waals surface area contributed by atoms with Gasteiger partial charge < -0.3 is 10.5 Å². The summed E-state index contributed by atoms with van der Waals surface area (Å²) in [6, 6.07) is 9.76. The van der Waals surface area contributed by atoms with Crippen LogP contribution in [0.3, 0.4) is 0 Å². The molecule has 0 aliphatic carbocycles. The van der Waals surface area contributed by atoms with E-state index in [0.29, 0.717) is 5.02 Å². The Kier molecular flexibility index (Phi) is 4.94. The van der Waals surface area contributed by atoms with Gasteiger partial charge in [0.1, 0.15) is 5.75 Å². The van der Waals surface area contributed by atoms with Crippen molar-refractivity contribution in [2.45, 2.75) is 19.9 Å². The lowest BCUT2D eigenvalue weighted by atomic mass is 9.96. The number of ether oxygens (including phenoxy) is 1. The van der Waals surface area contributed by atoms with Crippen LogP contribution in [-0.2, 0) is 0 Å². The van der Waals surface area contributed by atoms with Gasteiger partial charge in [-0.3, -0.25) is 0 Å². The van der Waals surface area contributed by atoms with Crippen molar-refractivity contribution in [3.63, 3.8) is 0 Å². The summed E-state index contributed by atoms with van der Waals surface area (Å²) in [5.74, 6) is 0.918. The molecule has 2 rings (SSSR count). The van der Waals surface area contributed by atoms with Gasteiger partial charge in [-0.1, -0.05) is 23.7 Å². The first kappa shape index (κ1) is 15.6. The van der Waals surface area contributed by atoms with Crippen LogP contribution in [0.15, 0.2) is 30.3 Å². The van der Waals surface area contributed by atoms with E-state index < -0.39 is 0 Å². The molecule has 0 bridgehead atoms. The predicted octanol–water partition coefficient (Wildman–Crippen LogP) is 4.62. The topological polar surface area (TPSA) is 35.2 Å². The van der Waals surface area contributed by atoms with E-state index in [1.165, 1.54) is 0 Å². The molecular weight excluding hydrogens is 385 g/mol. The van der Waals surface area contributed by atoms with Crippen LogP contribution in [-0.4, -0.2) is 7.11 Å². The highest BCUT2D eigenvalue weighted by atomic mass is 127. The highest BCUT2D eigenvalue weighted by Crippen LogP contribution is 2.31. The lowest BCUT2D eigenvalue weighted by Crippen LogP contribution is -2.14. The Morgan fingerprint density at radius 1 is 1.15 bits per heavy atom. The number of benzene rings is 2. The molecule has 106 valence electrons. The molecule has 0 saturated carbocycles. The number of aryl methyl sites for hydroxylation is 2. The van der Waals surface area contributed by atoms with Crippen molar-refractivity contribution in [3.05, 3.63) is 61.2 Å². The molecule has 0 amide bonds. The first-order valence-corrected chi connectivity index (χ1v) is 7.75. The van der Waals surface area contributed by atoms with Gasteiger partial charge in [0, 0.05) is 8.59 Å². The van der Waals surface area contributed by atoms with Gasteiger partial charge in [0.25, 0.3) is 0 Å². The number of nitrogens with two attached hydrogens (primary N) is 1. The van der Waals surface area contributed by atoms with Gasteiger partial charge in [-0.05, 0) is 76.9 Å². The first-order valence-electron chi connectivity index (χ1n) is 6.29. The van der Waals surface area contributed by atoms with Crippen molar-refractivity contribution >= 4 is 34.2 Å². The van der Waals surface area contributed by atoms with E-state index in [2.05, 4.69) is 34.7 Å². The van der Waals surface area contributed by atoms with E-state index in [-0.39, 0.29) is 6.04 Å². The lowest BCUT2D eigenvalue weighted by molar-refractivity contribution is 0.408. The predicted molar refractivity (Wildman–Crippen MR) is 92.7 cm³/mol. The molecule has 1 unspecified atom stereocenters. The van der Waals surface area contributed by atoms with Crippen LogP contribution in [0.1, 0.15) is 28.3 Å². The van der Waals surface area contributed by atoms with Crippen LogP contribution in [0.25, 0.3) is 0 Å². The average Bonchev–Trinajstić information content (AvgIpc) is 2.40. The molecule has 0 aromatic heterocycles. The Bertz CT molecular complexity index is 619. The lowest BCUT2D eigenvalue weighted by Gasteiger charge is -2.18. The summed E-state index contributed by atoms with van der Waals surface area (Å²) in [6.07, 6.45) is 0. The van der Waals surface area contributed by atoms with Crippen molar-refractivity contribution in [3.8, 4) is 5.75 Å². The Hall–Kier alpha value is -0.780. The molecular formula is C16H17ClINO. The first-order chi connectivity index (χ1) is 9.43. The van der Waals surface area contributed by atoms with E-state index in [0.717, 1.165) is 31.6 Å². The summed E-state index contributed by atoms with van der Waals surface area (Å²) < 4.78 is 6.51. The number of halogens is 2. The normalized spacial score (nSPS) is 12.3. The van der Waals surface area contributed by atoms with Gasteiger partial charge >= 0.3 is 0 Å². The van der Waals surface area contributed by atoms with Crippen LogP contribution >= 0.6 is 34.2 Å². The van der Waals surface area contributed by atoms with Gasteiger partial charge in [0.2, 0.25) is 0 Å². The smallest absolute Gasteiger partial charge is 0.124 e. The fourth-order valence-electron chi connectivity index (χ4n) is 2.42. The van der Waals surface area contributed by atoms with Crippen LogP contribution in [0, 0.1) is 17.4 Å². The molecule has 0 radical (unpaired) electrons. The molecule has 0 aliphatic rings. The number of hydrogen-bond acceptors (Lipinski definition) is 2. The van der Waals surface area contributed by atoms with Gasteiger partial charge in [-0.25, -0.2) is 0 Å². The maximum atomic E-state index is 6.41. The van der Waals surface area contributed by atoms with Crippen molar-refractivity contribution in [2.24, 2.45) is 5.73 Å². The summed E-state index contributed by atoms with van der Waals surface area (Å²) in [4.78, 5) is 0. The molecule has 2 aromatic carbocycles. The molecule has 0 spiro atoms. The standard InChI is InChI=1S/C16H17ClINO/c1-9-6-11(7-10(2)16(9)20-3)15(19)13-8-12(17)4-5-14(13)18/h4-8,15H,19H2,1-3H3. The Labute approximate surface area is 138 Å². The van der Waals surface area contributed by atoms with Gasteiger partial charge in [-0.15, -0.1) is 0 Å². The maximum absolute atomic E-state index is 6.41. The van der Waals surface area contributed by atoms with Crippen LogP contribution < -0.4 is 10.5 Å². The molecule has 2 aromatic rings. The Morgan fingerprint density at radius 2 is 1.75 bits per heavy atom. The highest BCUT2D eigenvalue weighted by Gasteiger charge is 2.15. The van der Waals surface area contributed by atoms with Crippen LogP contribution in [0.2, 0.25) is 5.02 Å². The molecule has 0 heterocycles. The van der Waals surface area contributed by atoms with Crippen molar-refractivity contribution in [2.75, 3.05) is 7.11 Å². The van der Waals surface area contributed by atoms with E-state index in [4.69, 9.17) is 22.1 Å². The quantitative estimate of drug-likeness (QED) is 0.762. The summed E-state index contributed by atoms with van der Waals surface area (Å²) in [6.45, 7) is 4.07. The molecule has 4 heteroatoms. The fraction of sp³-hybridized carbons (Fsp3) is 0.250. The van der Waals surface area contributed by atoms with Crippen molar-refractivity contribution < 1.29 is 4.74 Å². The van der Waals surface area contributed by atoms with E-state index >= 15 is 0 Å². The summed E-state index contributed by atoms with van der Waals surface area (Å²) in [5, 5.41) is 0.706. The van der Waals surface area contributed by atoms with Crippen molar-refractivity contribution in [1.82, 2.24) is 0 Å². The maximum Gasteiger partial charge on any atom is 0.124 e. The molecule has 2 nitrogen and oxygen atoms in total. The molecule has 1 atom stereocenters. The zero-order valence-electron chi connectivity index (χ0n) is 11.7. The highest BCUT2D eigenvalue weighted by molar-refractivity contribution is 14.1. The molecule has 0 fully saturated rings. The fourth-order valence-corrected chi connectivity index (χ4v) is 3.27. The third kappa shape index (κ3) is 3.10. The number of methoxy groups -OCH3 is 1. The average molecular weight is 402 g/mol. The summed E-state index contributed by atoms with van der Waals surface area (Å²) >= 11 is 8.37. The zero-order valence-corrected chi connectivity index (χ0v) is 14.6. The largest absolute Gasteiger partial charge is 0.496 e. The summed E-state index contributed by atoms with van der Waals surface area (Å²) in [5.41, 5.74) is 10.7. The van der Waals surface area contributed by atoms with E-state index in [1.807, 2.05) is 32.0 Å². The monoisotopic (exact) mass is 401 g/mol. The van der Waals surface area contributed by atoms with E-state index in [9.17, 15) is 0 Å². The third-order valence-electron chi connectivity index (χ3n) is 3.34. The second-order valence-corrected chi connectivity index (χ2v) is 6.43. The molecule has 2 N–H and O–H groups in total. The zero-order chi connectivity index (χ0) is 14.9. The molecule has 0 aliphatic heterocycles. The Morgan fingerprint density at radius 3 is 2.30 bits per heavy atom. The second kappa shape index (κ2) is 6.33. The minimum Gasteiger partial charge on any atom is -0.496 e. The van der Waals surface area contributed by atoms with Gasteiger partial charge in [-0.2, -0.15) is 0 Å². The minimum atomic E-state index is -0.191. The number of rotatable bonds is 3. The van der Waals surface area contributed by atoms with Gasteiger partial charge in [0.15, 0.2) is 0 Å². The molecule has 0 saturated heterocycles. The third-order valence-corrected chi connectivity index (χ3v) is 4.56. The van der Waals surface area contributed by atoms with E-state index in [1.54, 1.807) is 7.11 Å². The second-order valence-electron chi connectivity index (χ2n) is 4.83. The molecule has 20 heavy (non-hydrogen) atoms. The minimum absolute atomic E-state index is 0.191. The van der Waals surface area contributed by atoms with Crippen LogP contribution in [0.4, 0.5) is 0 Å². The van der Waals surface area contributed by atoms with Crippen LogP contribution in [0.5, 0.6) is 5.75 Å². The van der Waals surface area contributed by atoms with Crippen molar-refractivity contribution in [1.29, 1.82) is 0 Å². The number of hydrogen-bond donors (Lipinski definition) is 1. The Balaban J connectivity index is 2.48. The summed E-state index contributed by atoms with van der Waals surface area (Å²) in [7, 11) is 1.69. The van der Waals surface area contributed by atoms with Gasteiger partial charge in [0.05, 0.1) is 13.2 Å². The SMILES string of the molecule is COc1c(C)cc(C(N)c2cc(Cl)ccc2I)cc1C.